The highest BCUT2D eigenvalue weighted by Crippen LogP contribution is 2.09. The van der Waals surface area contributed by atoms with E-state index < -0.39 is 0 Å². The zero-order valence-corrected chi connectivity index (χ0v) is 6.44. The first kappa shape index (κ1) is 6.27. The number of fused-ring (bicyclic) bond motifs is 1. The molecule has 2 aromatic rings. The molecule has 0 saturated heterocycles. The summed E-state index contributed by atoms with van der Waals surface area (Å²) in [5.41, 5.74) is 1.74. The van der Waals surface area contributed by atoms with Crippen molar-refractivity contribution >= 4 is 11.0 Å². The van der Waals surface area contributed by atoms with Crippen molar-refractivity contribution in [1.29, 1.82) is 0 Å². The molecular weight excluding hydrogens is 140 g/mol. The van der Waals surface area contributed by atoms with E-state index in [0.29, 0.717) is 0 Å². The predicted molar refractivity (Wildman–Crippen MR) is 41.0 cm³/mol. The molecule has 2 heterocycles. The van der Waals surface area contributed by atoms with Crippen LogP contribution in [-0.2, 0) is 7.05 Å². The monoisotopic (exact) mass is 148 g/mol. The van der Waals surface area contributed by atoms with E-state index in [1.807, 2.05) is 20.2 Å². The van der Waals surface area contributed by atoms with E-state index in [0.717, 1.165) is 16.7 Å². The van der Waals surface area contributed by atoms with Crippen LogP contribution in [0.15, 0.2) is 12.5 Å². The van der Waals surface area contributed by atoms with E-state index in [1.165, 1.54) is 6.33 Å². The second kappa shape index (κ2) is 2.02. The fourth-order valence-corrected chi connectivity index (χ4v) is 1.07. The molecule has 0 radical (unpaired) electrons. The predicted octanol–water partition coefficient (Wildman–Crippen LogP) is 0.672. The number of nitrogens with zero attached hydrogens (tertiary/aromatic N) is 4. The van der Waals surface area contributed by atoms with E-state index in [-0.39, 0.29) is 0 Å². The van der Waals surface area contributed by atoms with Crippen LogP contribution < -0.4 is 0 Å². The molecular formula is C7H8N4. The van der Waals surface area contributed by atoms with Gasteiger partial charge in [-0.1, -0.05) is 0 Å². The highest BCUT2D eigenvalue weighted by atomic mass is 15.3. The summed E-state index contributed by atoms with van der Waals surface area (Å²) >= 11 is 0. The molecule has 2 rings (SSSR count). The summed E-state index contributed by atoms with van der Waals surface area (Å²) in [6, 6.07) is 0. The van der Waals surface area contributed by atoms with E-state index in [1.54, 1.807) is 4.68 Å². The normalized spacial score (nSPS) is 10.7. The topological polar surface area (TPSA) is 43.6 Å². The largest absolute Gasteiger partial charge is 0.273 e. The van der Waals surface area contributed by atoms with Gasteiger partial charge in [-0.05, 0) is 6.92 Å². The van der Waals surface area contributed by atoms with Gasteiger partial charge in [0.05, 0.1) is 11.1 Å². The Morgan fingerprint density at radius 2 is 2.18 bits per heavy atom. The van der Waals surface area contributed by atoms with Crippen molar-refractivity contribution in [3.05, 3.63) is 18.2 Å². The molecule has 0 bridgehead atoms. The second-order valence-corrected chi connectivity index (χ2v) is 2.50. The second-order valence-electron chi connectivity index (χ2n) is 2.50. The summed E-state index contributed by atoms with van der Waals surface area (Å²) in [6.45, 7) is 1.95. The third-order valence-electron chi connectivity index (χ3n) is 1.63. The molecule has 0 aliphatic carbocycles. The highest BCUT2D eigenvalue weighted by Gasteiger charge is 2.01. The van der Waals surface area contributed by atoms with Gasteiger partial charge in [-0.15, -0.1) is 0 Å². The molecule has 4 nitrogen and oxygen atoms in total. The minimum atomic E-state index is 0.764. The molecule has 0 N–H and O–H groups in total. The molecule has 0 amide bonds. The van der Waals surface area contributed by atoms with Crippen molar-refractivity contribution in [2.24, 2.45) is 7.05 Å². The summed E-state index contributed by atoms with van der Waals surface area (Å²) in [5.74, 6) is 0. The van der Waals surface area contributed by atoms with Crippen LogP contribution in [0, 0.1) is 6.92 Å². The first-order valence-corrected chi connectivity index (χ1v) is 3.38. The Kier molecular flexibility index (Phi) is 1.15. The number of rotatable bonds is 0. The molecule has 0 spiro atoms. The molecule has 56 valence electrons. The number of aromatic nitrogens is 4. The van der Waals surface area contributed by atoms with Crippen LogP contribution in [0.4, 0.5) is 0 Å². The zero-order valence-electron chi connectivity index (χ0n) is 6.44. The molecule has 0 aliphatic heterocycles. The lowest BCUT2D eigenvalue weighted by Crippen LogP contribution is -1.86. The molecule has 0 aromatic carbocycles. The van der Waals surface area contributed by atoms with Gasteiger partial charge in [0.25, 0.3) is 0 Å². The van der Waals surface area contributed by atoms with E-state index in [9.17, 15) is 0 Å². The first-order chi connectivity index (χ1) is 5.27. The zero-order chi connectivity index (χ0) is 7.84. The Hall–Kier alpha value is -1.45. The van der Waals surface area contributed by atoms with Crippen molar-refractivity contribution in [1.82, 2.24) is 19.7 Å². The molecule has 0 atom stereocenters. The summed E-state index contributed by atoms with van der Waals surface area (Å²) in [5, 5.41) is 5.16. The lowest BCUT2D eigenvalue weighted by atomic mass is 10.3. The first-order valence-electron chi connectivity index (χ1n) is 3.38. The molecule has 0 aliphatic rings. The molecule has 11 heavy (non-hydrogen) atoms. The Morgan fingerprint density at radius 3 is 2.91 bits per heavy atom. The van der Waals surface area contributed by atoms with Crippen LogP contribution in [0.1, 0.15) is 5.69 Å². The van der Waals surface area contributed by atoms with Crippen LogP contribution in [0.3, 0.4) is 0 Å². The van der Waals surface area contributed by atoms with Gasteiger partial charge in [-0.2, -0.15) is 5.10 Å². The molecule has 0 saturated carbocycles. The summed E-state index contributed by atoms with van der Waals surface area (Å²) in [6.07, 6.45) is 3.45. The van der Waals surface area contributed by atoms with Gasteiger partial charge in [-0.3, -0.25) is 4.68 Å². The third kappa shape index (κ3) is 0.869. The fourth-order valence-electron chi connectivity index (χ4n) is 1.07. The van der Waals surface area contributed by atoms with Crippen molar-refractivity contribution in [3.8, 4) is 0 Å². The maximum atomic E-state index is 4.14. The number of aryl methyl sites for hydroxylation is 2. The summed E-state index contributed by atoms with van der Waals surface area (Å²) in [7, 11) is 1.88. The lowest BCUT2D eigenvalue weighted by molar-refractivity contribution is 0.775. The van der Waals surface area contributed by atoms with Crippen molar-refractivity contribution in [2.75, 3.05) is 0 Å². The molecule has 0 unspecified atom stereocenters. The minimum absolute atomic E-state index is 0.764. The Morgan fingerprint density at radius 1 is 1.36 bits per heavy atom. The third-order valence-corrected chi connectivity index (χ3v) is 1.63. The molecule has 4 heteroatoms. The van der Waals surface area contributed by atoms with Crippen LogP contribution in [0.2, 0.25) is 0 Å². The van der Waals surface area contributed by atoms with Crippen LogP contribution in [-0.4, -0.2) is 19.7 Å². The Bertz CT molecular complexity index is 390. The molecule has 2 aromatic heterocycles. The number of hydrogen-bond donors (Lipinski definition) is 0. The maximum Gasteiger partial charge on any atom is 0.184 e. The van der Waals surface area contributed by atoms with E-state index >= 15 is 0 Å². The fraction of sp³-hybridized carbons (Fsp3) is 0.286. The van der Waals surface area contributed by atoms with Crippen molar-refractivity contribution < 1.29 is 0 Å². The van der Waals surface area contributed by atoms with Crippen LogP contribution >= 0.6 is 0 Å². The average Bonchev–Trinajstić information content (AvgIpc) is 2.31. The maximum absolute atomic E-state index is 4.14. The SMILES string of the molecule is Cc1ncnc2nn(C)cc12. The van der Waals surface area contributed by atoms with Gasteiger partial charge < -0.3 is 0 Å². The standard InChI is InChI=1S/C7H8N4/c1-5-6-3-11(2)10-7(6)9-4-8-5/h3-4H,1-2H3. The van der Waals surface area contributed by atoms with Gasteiger partial charge >= 0.3 is 0 Å². The van der Waals surface area contributed by atoms with E-state index in [4.69, 9.17) is 0 Å². The average molecular weight is 148 g/mol. The van der Waals surface area contributed by atoms with Gasteiger partial charge in [-0.25, -0.2) is 9.97 Å². The van der Waals surface area contributed by atoms with Gasteiger partial charge in [0.1, 0.15) is 6.33 Å². The Balaban J connectivity index is 2.90. The van der Waals surface area contributed by atoms with Gasteiger partial charge in [0.15, 0.2) is 5.65 Å². The number of hydrogen-bond acceptors (Lipinski definition) is 3. The highest BCUT2D eigenvalue weighted by molar-refractivity contribution is 5.75. The molecule has 0 fully saturated rings. The summed E-state index contributed by atoms with van der Waals surface area (Å²) in [4.78, 5) is 8.08. The minimum Gasteiger partial charge on any atom is -0.273 e. The lowest BCUT2D eigenvalue weighted by Gasteiger charge is -1.88. The van der Waals surface area contributed by atoms with Gasteiger partial charge in [0, 0.05) is 13.2 Å². The van der Waals surface area contributed by atoms with Crippen LogP contribution in [0.5, 0.6) is 0 Å². The quantitative estimate of drug-likeness (QED) is 0.551. The van der Waals surface area contributed by atoms with Crippen molar-refractivity contribution in [3.63, 3.8) is 0 Å². The van der Waals surface area contributed by atoms with E-state index in [2.05, 4.69) is 15.1 Å². The smallest absolute Gasteiger partial charge is 0.184 e. The van der Waals surface area contributed by atoms with Crippen LogP contribution in [0.25, 0.3) is 11.0 Å². The van der Waals surface area contributed by atoms with Crippen molar-refractivity contribution in [2.45, 2.75) is 6.92 Å². The Labute approximate surface area is 63.9 Å². The summed E-state index contributed by atoms with van der Waals surface area (Å²) < 4.78 is 1.74. The van der Waals surface area contributed by atoms with Gasteiger partial charge in [0.2, 0.25) is 0 Å².